The molecule has 2 atom stereocenters. The van der Waals surface area contributed by atoms with Crippen molar-refractivity contribution >= 4 is 21.6 Å². The summed E-state index contributed by atoms with van der Waals surface area (Å²) in [5, 5.41) is 11.7. The zero-order valence-electron chi connectivity index (χ0n) is 16.0. The average molecular weight is 467 g/mol. The molecular formula is C23H19BrN2O4. The molecule has 1 spiro atoms. The number of nitrogens with zero attached hydrogens (tertiary/aromatic N) is 2. The predicted molar refractivity (Wildman–Crippen MR) is 114 cm³/mol. The van der Waals surface area contributed by atoms with Gasteiger partial charge >= 0.3 is 0 Å². The lowest BCUT2D eigenvalue weighted by molar-refractivity contribution is 0.0940. The number of para-hydroxylation sites is 1. The maximum absolute atomic E-state index is 11.7. The van der Waals surface area contributed by atoms with Crippen molar-refractivity contribution in [3.63, 3.8) is 0 Å². The zero-order valence-corrected chi connectivity index (χ0v) is 17.6. The molecule has 3 aromatic rings. The van der Waals surface area contributed by atoms with Crippen LogP contribution in [0.5, 0.6) is 17.2 Å². The summed E-state index contributed by atoms with van der Waals surface area (Å²) < 4.78 is 18.6. The summed E-state index contributed by atoms with van der Waals surface area (Å²) in [7, 11) is 0. The number of ether oxygens (including phenoxy) is 3. The lowest BCUT2D eigenvalue weighted by Crippen LogP contribution is -2.46. The molecular weight excluding hydrogens is 448 g/mol. The number of hydrogen-bond donors (Lipinski definition) is 1. The van der Waals surface area contributed by atoms with Crippen LogP contribution in [0.15, 0.2) is 59.2 Å². The third kappa shape index (κ3) is 2.48. The van der Waals surface area contributed by atoms with Crippen LogP contribution < -0.4 is 19.1 Å². The van der Waals surface area contributed by atoms with Crippen molar-refractivity contribution in [1.82, 2.24) is 4.98 Å². The van der Waals surface area contributed by atoms with Crippen molar-refractivity contribution in [2.75, 3.05) is 24.7 Å². The maximum atomic E-state index is 11.7. The molecule has 2 aromatic carbocycles. The Kier molecular flexibility index (Phi) is 3.98. The summed E-state index contributed by atoms with van der Waals surface area (Å²) in [6.45, 7) is 1.89. The molecule has 0 radical (unpaired) electrons. The second-order valence-corrected chi connectivity index (χ2v) is 8.65. The summed E-state index contributed by atoms with van der Waals surface area (Å²) in [4.78, 5) is 6.50. The predicted octanol–water partition coefficient (Wildman–Crippen LogP) is 3.63. The van der Waals surface area contributed by atoms with Crippen LogP contribution in [0.4, 0.5) is 5.69 Å². The van der Waals surface area contributed by atoms with Crippen molar-refractivity contribution in [3.05, 3.63) is 76.0 Å². The minimum absolute atomic E-state index is 0.355. The lowest BCUT2D eigenvalue weighted by atomic mass is 9.76. The fourth-order valence-electron chi connectivity index (χ4n) is 4.73. The Hall–Kier alpha value is -2.77. The SMILES string of the molecule is OC1N(Cc2ccc(Br)cn2)c2ccccc2C12COc1cc3c(cc12)OCCO3. The van der Waals surface area contributed by atoms with Crippen molar-refractivity contribution in [3.8, 4) is 17.2 Å². The van der Waals surface area contributed by atoms with Gasteiger partial charge in [0.25, 0.3) is 0 Å². The molecule has 6 nitrogen and oxygen atoms in total. The Morgan fingerprint density at radius 1 is 1.00 bits per heavy atom. The van der Waals surface area contributed by atoms with Gasteiger partial charge in [-0.15, -0.1) is 0 Å². The quantitative estimate of drug-likeness (QED) is 0.621. The van der Waals surface area contributed by atoms with E-state index in [1.54, 1.807) is 6.20 Å². The van der Waals surface area contributed by atoms with Gasteiger partial charge in [0.15, 0.2) is 11.5 Å². The van der Waals surface area contributed by atoms with Gasteiger partial charge in [-0.3, -0.25) is 4.98 Å². The van der Waals surface area contributed by atoms with Crippen LogP contribution in [-0.2, 0) is 12.0 Å². The summed E-state index contributed by atoms with van der Waals surface area (Å²) in [6.07, 6.45) is 0.973. The fraction of sp³-hybridized carbons (Fsp3) is 0.261. The average Bonchev–Trinajstić information content (AvgIpc) is 3.26. The number of aromatic nitrogens is 1. The number of benzene rings is 2. The van der Waals surface area contributed by atoms with Gasteiger partial charge < -0.3 is 24.2 Å². The van der Waals surface area contributed by atoms with Gasteiger partial charge in [0.1, 0.15) is 37.2 Å². The molecule has 0 aliphatic carbocycles. The van der Waals surface area contributed by atoms with Crippen LogP contribution >= 0.6 is 15.9 Å². The highest BCUT2D eigenvalue weighted by atomic mass is 79.9. The Bertz CT molecular complexity index is 1140. The third-order valence-corrected chi connectivity index (χ3v) is 6.60. The minimum Gasteiger partial charge on any atom is -0.492 e. The molecule has 6 rings (SSSR count). The molecule has 152 valence electrons. The van der Waals surface area contributed by atoms with Gasteiger partial charge in [-0.1, -0.05) is 18.2 Å². The van der Waals surface area contributed by atoms with E-state index in [0.29, 0.717) is 37.9 Å². The van der Waals surface area contributed by atoms with Crippen LogP contribution in [0.2, 0.25) is 0 Å². The molecule has 3 aliphatic rings. The normalized spacial score (nSPS) is 23.3. The maximum Gasteiger partial charge on any atom is 0.165 e. The second kappa shape index (κ2) is 6.62. The Balaban J connectivity index is 1.47. The van der Waals surface area contributed by atoms with E-state index in [-0.39, 0.29) is 0 Å². The molecule has 4 heterocycles. The van der Waals surface area contributed by atoms with Crippen LogP contribution in [0, 0.1) is 0 Å². The Labute approximate surface area is 182 Å². The van der Waals surface area contributed by atoms with E-state index in [1.165, 1.54) is 0 Å². The molecule has 7 heteroatoms. The van der Waals surface area contributed by atoms with E-state index in [2.05, 4.69) is 27.0 Å². The number of rotatable bonds is 2. The highest BCUT2D eigenvalue weighted by Crippen LogP contribution is 2.56. The van der Waals surface area contributed by atoms with Gasteiger partial charge in [0.2, 0.25) is 0 Å². The van der Waals surface area contributed by atoms with Crippen molar-refractivity contribution in [1.29, 1.82) is 0 Å². The number of anilines is 1. The van der Waals surface area contributed by atoms with E-state index in [4.69, 9.17) is 14.2 Å². The first-order valence-corrected chi connectivity index (χ1v) is 10.7. The topological polar surface area (TPSA) is 64.1 Å². The number of aliphatic hydroxyl groups is 1. The van der Waals surface area contributed by atoms with Gasteiger partial charge in [0.05, 0.1) is 12.2 Å². The molecule has 1 aromatic heterocycles. The molecule has 1 N–H and O–H groups in total. The summed E-state index contributed by atoms with van der Waals surface area (Å²) in [6, 6.07) is 15.9. The second-order valence-electron chi connectivity index (χ2n) is 7.74. The number of pyridine rings is 1. The summed E-state index contributed by atoms with van der Waals surface area (Å²) in [5.74, 6) is 2.12. The smallest absolute Gasteiger partial charge is 0.165 e. The Morgan fingerprint density at radius 3 is 2.60 bits per heavy atom. The third-order valence-electron chi connectivity index (χ3n) is 6.13. The number of aliphatic hydroxyl groups excluding tert-OH is 1. The van der Waals surface area contributed by atoms with Crippen LogP contribution in [0.25, 0.3) is 0 Å². The van der Waals surface area contributed by atoms with E-state index >= 15 is 0 Å². The molecule has 0 fully saturated rings. The van der Waals surface area contributed by atoms with Crippen LogP contribution in [0.3, 0.4) is 0 Å². The Morgan fingerprint density at radius 2 is 1.80 bits per heavy atom. The van der Waals surface area contributed by atoms with Gasteiger partial charge in [0, 0.05) is 28.0 Å². The number of halogens is 1. The molecule has 0 saturated heterocycles. The van der Waals surface area contributed by atoms with E-state index < -0.39 is 11.6 Å². The fourth-order valence-corrected chi connectivity index (χ4v) is 4.96. The molecule has 3 aliphatic heterocycles. The van der Waals surface area contributed by atoms with E-state index in [9.17, 15) is 5.11 Å². The highest BCUT2D eigenvalue weighted by molar-refractivity contribution is 9.10. The largest absolute Gasteiger partial charge is 0.492 e. The van der Waals surface area contributed by atoms with Crippen molar-refractivity contribution in [2.24, 2.45) is 0 Å². The molecule has 2 unspecified atom stereocenters. The van der Waals surface area contributed by atoms with Crippen LogP contribution in [0.1, 0.15) is 16.8 Å². The first-order valence-electron chi connectivity index (χ1n) is 9.88. The van der Waals surface area contributed by atoms with Crippen LogP contribution in [-0.4, -0.2) is 36.1 Å². The van der Waals surface area contributed by atoms with E-state index in [1.807, 2.05) is 47.4 Å². The summed E-state index contributed by atoms with van der Waals surface area (Å²) in [5.41, 5.74) is 3.14. The molecule has 0 amide bonds. The number of fused-ring (bicyclic) bond motifs is 5. The van der Waals surface area contributed by atoms with Gasteiger partial charge in [-0.25, -0.2) is 0 Å². The van der Waals surface area contributed by atoms with Crippen molar-refractivity contribution in [2.45, 2.75) is 18.2 Å². The molecule has 0 bridgehead atoms. The molecule has 30 heavy (non-hydrogen) atoms. The number of hydrogen-bond acceptors (Lipinski definition) is 6. The van der Waals surface area contributed by atoms with Crippen molar-refractivity contribution < 1.29 is 19.3 Å². The zero-order chi connectivity index (χ0) is 20.3. The standard InChI is InChI=1S/C23H19BrN2O4/c24-14-5-6-15(25-11-14)12-26-18-4-2-1-3-16(18)23(22(26)27)13-30-19-10-21-20(9-17(19)23)28-7-8-29-21/h1-6,9-11,22,27H,7-8,12-13H2. The lowest BCUT2D eigenvalue weighted by Gasteiger charge is -2.32. The van der Waals surface area contributed by atoms with Gasteiger partial charge in [-0.05, 0) is 45.8 Å². The monoisotopic (exact) mass is 466 g/mol. The first kappa shape index (κ1) is 18.0. The first-order chi connectivity index (χ1) is 14.7. The van der Waals surface area contributed by atoms with Gasteiger partial charge in [-0.2, -0.15) is 0 Å². The van der Waals surface area contributed by atoms with E-state index in [0.717, 1.165) is 32.7 Å². The minimum atomic E-state index is -0.802. The highest BCUT2D eigenvalue weighted by Gasteiger charge is 2.56. The summed E-state index contributed by atoms with van der Waals surface area (Å²) >= 11 is 3.43. The molecule has 0 saturated carbocycles.